The van der Waals surface area contributed by atoms with Gasteiger partial charge in [-0.2, -0.15) is 0 Å². The van der Waals surface area contributed by atoms with E-state index in [4.69, 9.17) is 0 Å². The van der Waals surface area contributed by atoms with Gasteiger partial charge in [0.05, 0.1) is 0 Å². The third kappa shape index (κ3) is 1.07. The molecule has 0 aliphatic carbocycles. The Balaban J connectivity index is 0.000000490. The molecule has 0 aliphatic heterocycles. The molecule has 0 amide bonds. The van der Waals surface area contributed by atoms with Gasteiger partial charge in [-0.3, -0.25) is 0 Å². The normalized spacial score (nSPS) is 8.57. The second-order valence-corrected chi connectivity index (χ2v) is 1.65. The average Bonchev–Trinajstić information content (AvgIpc) is 1.69. The van der Waals surface area contributed by atoms with Crippen LogP contribution >= 0.6 is 0 Å². The fourth-order valence-electron chi connectivity index (χ4n) is 0.534. The maximum absolute atomic E-state index is 2.08. The van der Waals surface area contributed by atoms with E-state index in [1.807, 2.05) is 18.2 Å². The Morgan fingerprint density at radius 3 is 2.00 bits per heavy atom. The molecule has 0 nitrogen and oxygen atoms in total. The van der Waals surface area contributed by atoms with Crippen LogP contribution in [0.5, 0.6) is 0 Å². The van der Waals surface area contributed by atoms with Crippen LogP contribution in [0.4, 0.5) is 0 Å². The molecule has 0 aromatic heterocycles. The highest BCUT2D eigenvalue weighted by Gasteiger charge is 1.72. The van der Waals surface area contributed by atoms with Crippen molar-refractivity contribution in [3.63, 3.8) is 0 Å². The van der Waals surface area contributed by atoms with E-state index in [2.05, 4.69) is 20.0 Å². The van der Waals surface area contributed by atoms with Gasteiger partial charge in [0.25, 0.3) is 0 Å². The van der Waals surface area contributed by atoms with Crippen molar-refractivity contribution in [2.45, 2.75) is 0 Å². The third-order valence-corrected chi connectivity index (χ3v) is 0.940. The minimum Gasteiger partial charge on any atom is -0.0890 e. The van der Waals surface area contributed by atoms with Crippen molar-refractivity contribution in [1.29, 1.82) is 0 Å². The van der Waals surface area contributed by atoms with Crippen molar-refractivity contribution in [1.82, 2.24) is 0 Å². The first-order valence-electron chi connectivity index (χ1n) is 2.41. The summed E-state index contributed by atoms with van der Waals surface area (Å²) >= 11 is 0. The number of hydrogen-bond acceptors (Lipinski definition) is 0. The van der Waals surface area contributed by atoms with Crippen LogP contribution in [0.1, 0.15) is 1.43 Å². The molecule has 0 spiro atoms. The lowest BCUT2D eigenvalue weighted by molar-refractivity contribution is 1.78. The summed E-state index contributed by atoms with van der Waals surface area (Å²) in [7, 11) is 2.08. The molecule has 0 unspecified atom stereocenters. The van der Waals surface area contributed by atoms with E-state index in [9.17, 15) is 0 Å². The first kappa shape index (κ1) is 4.44. The third-order valence-electron chi connectivity index (χ3n) is 0.940. The summed E-state index contributed by atoms with van der Waals surface area (Å²) in [6.07, 6.45) is 0. The largest absolute Gasteiger partial charge is 0.139 e. The average molecular weight is 91.9 g/mol. The van der Waals surface area contributed by atoms with Crippen LogP contribution in [-0.4, -0.2) is 7.85 Å². The molecule has 1 rings (SSSR count). The zero-order chi connectivity index (χ0) is 5.11. The van der Waals surface area contributed by atoms with Crippen LogP contribution in [0, 0.1) is 0 Å². The molecule has 1 aromatic rings. The van der Waals surface area contributed by atoms with E-state index in [1.165, 1.54) is 5.46 Å². The van der Waals surface area contributed by atoms with Crippen LogP contribution in [0.25, 0.3) is 0 Å². The van der Waals surface area contributed by atoms with E-state index in [-0.39, 0.29) is 1.43 Å². The van der Waals surface area contributed by atoms with Crippen LogP contribution in [0.3, 0.4) is 0 Å². The summed E-state index contributed by atoms with van der Waals surface area (Å²) < 4.78 is 0. The van der Waals surface area contributed by atoms with Gasteiger partial charge in [-0.15, -0.1) is 0 Å². The van der Waals surface area contributed by atoms with Crippen LogP contribution < -0.4 is 5.46 Å². The standard InChI is InChI=1S/C6H7B.H2/c7-6-4-2-1-3-5-6;/h1-5H,7H2;1H. The smallest absolute Gasteiger partial charge is 0.0890 e. The molecule has 1 aromatic carbocycles. The minimum atomic E-state index is 0. The quantitative estimate of drug-likeness (QED) is 0.401. The lowest BCUT2D eigenvalue weighted by atomic mass is 9.97. The van der Waals surface area contributed by atoms with Crippen molar-refractivity contribution < 1.29 is 1.43 Å². The fourth-order valence-corrected chi connectivity index (χ4v) is 0.534. The first-order chi connectivity index (χ1) is 3.39. The Hall–Kier alpha value is -0.715. The van der Waals surface area contributed by atoms with Gasteiger partial charge in [-0.25, -0.2) is 0 Å². The van der Waals surface area contributed by atoms with Gasteiger partial charge in [0, 0.05) is 1.43 Å². The van der Waals surface area contributed by atoms with Crippen molar-refractivity contribution in [3.8, 4) is 0 Å². The number of rotatable bonds is 0. The van der Waals surface area contributed by atoms with E-state index in [0.717, 1.165) is 0 Å². The van der Waals surface area contributed by atoms with Gasteiger partial charge in [-0.1, -0.05) is 35.8 Å². The summed E-state index contributed by atoms with van der Waals surface area (Å²) in [4.78, 5) is 0. The zero-order valence-corrected chi connectivity index (χ0v) is 4.39. The molecule has 0 bridgehead atoms. The predicted octanol–water partition coefficient (Wildman–Crippen LogP) is 0.191. The summed E-state index contributed by atoms with van der Waals surface area (Å²) in [5.74, 6) is 0. The molecule has 7 heavy (non-hydrogen) atoms. The van der Waals surface area contributed by atoms with Crippen molar-refractivity contribution in [2.24, 2.45) is 0 Å². The molecule has 0 heterocycles. The highest BCUT2D eigenvalue weighted by Crippen LogP contribution is 1.76. The molecule has 0 saturated carbocycles. The molecule has 0 saturated heterocycles. The molecule has 36 valence electrons. The van der Waals surface area contributed by atoms with E-state index >= 15 is 0 Å². The fraction of sp³-hybridized carbons (Fsp3) is 0. The van der Waals surface area contributed by atoms with Gasteiger partial charge < -0.3 is 0 Å². The Bertz CT molecular complexity index is 138. The van der Waals surface area contributed by atoms with Crippen molar-refractivity contribution >= 4 is 13.3 Å². The Kier molecular flexibility index (Phi) is 1.16. The van der Waals surface area contributed by atoms with Gasteiger partial charge in [0.1, 0.15) is 7.85 Å². The minimum absolute atomic E-state index is 0. The summed E-state index contributed by atoms with van der Waals surface area (Å²) in [5, 5.41) is 0. The maximum atomic E-state index is 2.08. The maximum Gasteiger partial charge on any atom is 0.139 e. The van der Waals surface area contributed by atoms with Gasteiger partial charge >= 0.3 is 0 Å². The molecule has 1 heteroatoms. The van der Waals surface area contributed by atoms with Crippen molar-refractivity contribution in [3.05, 3.63) is 30.3 Å². The Morgan fingerprint density at radius 2 is 1.71 bits per heavy atom. The second kappa shape index (κ2) is 1.83. The summed E-state index contributed by atoms with van der Waals surface area (Å²) in [5.41, 5.74) is 1.32. The topological polar surface area (TPSA) is 0 Å². The first-order valence-corrected chi connectivity index (χ1v) is 2.41. The van der Waals surface area contributed by atoms with Crippen LogP contribution in [0.2, 0.25) is 0 Å². The lowest BCUT2D eigenvalue weighted by Crippen LogP contribution is -1.97. The van der Waals surface area contributed by atoms with Crippen LogP contribution in [-0.2, 0) is 0 Å². The number of hydrogen-bond donors (Lipinski definition) is 0. The van der Waals surface area contributed by atoms with Crippen molar-refractivity contribution in [2.75, 3.05) is 0 Å². The second-order valence-electron chi connectivity index (χ2n) is 1.65. The van der Waals surface area contributed by atoms with E-state index < -0.39 is 0 Å². The molecule has 0 aliphatic rings. The number of benzene rings is 1. The highest BCUT2D eigenvalue weighted by atomic mass is 13.7. The summed E-state index contributed by atoms with van der Waals surface area (Å²) in [6, 6.07) is 10.3. The summed E-state index contributed by atoms with van der Waals surface area (Å²) in [6.45, 7) is 0. The molecule has 0 radical (unpaired) electrons. The molecular weight excluding hydrogens is 82.9 g/mol. The van der Waals surface area contributed by atoms with Gasteiger partial charge in [-0.05, 0) is 0 Å². The Morgan fingerprint density at radius 1 is 1.14 bits per heavy atom. The SMILES string of the molecule is Bc1ccccc1.[HH]. The van der Waals surface area contributed by atoms with Crippen LogP contribution in [0.15, 0.2) is 30.3 Å². The molecule has 0 N–H and O–H groups in total. The highest BCUT2D eigenvalue weighted by molar-refractivity contribution is 6.32. The molecule has 0 atom stereocenters. The predicted molar refractivity (Wildman–Crippen MR) is 36.7 cm³/mol. The lowest BCUT2D eigenvalue weighted by Gasteiger charge is -1.82. The monoisotopic (exact) mass is 92.1 g/mol. The van der Waals surface area contributed by atoms with Gasteiger partial charge in [0.15, 0.2) is 0 Å². The van der Waals surface area contributed by atoms with E-state index in [1.54, 1.807) is 0 Å². The Labute approximate surface area is 46.1 Å². The van der Waals surface area contributed by atoms with E-state index in [0.29, 0.717) is 0 Å². The van der Waals surface area contributed by atoms with Gasteiger partial charge in [0.2, 0.25) is 0 Å². The zero-order valence-electron chi connectivity index (χ0n) is 4.39. The molecular formula is C6H9B. The molecule has 0 fully saturated rings.